The number of rotatable bonds is 8. The van der Waals surface area contributed by atoms with Crippen molar-refractivity contribution < 1.29 is 27.5 Å². The van der Waals surface area contributed by atoms with Crippen molar-refractivity contribution in [3.8, 4) is 21.9 Å². The molecule has 0 saturated heterocycles. The van der Waals surface area contributed by atoms with Crippen LogP contribution in [0.2, 0.25) is 0 Å². The molecule has 2 aromatic carbocycles. The summed E-state index contributed by atoms with van der Waals surface area (Å²) >= 11 is 1.30. The van der Waals surface area contributed by atoms with Gasteiger partial charge in [-0.15, -0.1) is 0 Å². The van der Waals surface area contributed by atoms with Crippen molar-refractivity contribution in [3.05, 3.63) is 48.2 Å². The van der Waals surface area contributed by atoms with E-state index in [2.05, 4.69) is 15.0 Å². The number of methoxy groups -OCH3 is 1. The number of hydrogen-bond donors (Lipinski definition) is 2. The highest BCUT2D eigenvalue weighted by atomic mass is 32.2. The van der Waals surface area contributed by atoms with Crippen LogP contribution in [0.1, 0.15) is 38.3 Å². The highest BCUT2D eigenvalue weighted by Crippen LogP contribution is 2.37. The standard InChI is InChI=1S/C25H27N3O6S2/c1-15-23(35-25(26-15)27-24(30)17-6-4-5-7-17)18-8-13-21(33-3)22(14-18)36(31,32)28-19-9-11-20(12-10-19)34-16(2)29/h8-14,17,28H,4-7H2,1-3H3,(H,26,27,30). The van der Waals surface area contributed by atoms with Crippen LogP contribution in [0.4, 0.5) is 10.8 Å². The van der Waals surface area contributed by atoms with Gasteiger partial charge in [0, 0.05) is 18.5 Å². The van der Waals surface area contributed by atoms with Gasteiger partial charge in [0.05, 0.1) is 17.7 Å². The number of ether oxygens (including phenoxy) is 2. The zero-order valence-electron chi connectivity index (χ0n) is 20.2. The van der Waals surface area contributed by atoms with E-state index in [1.165, 1.54) is 55.7 Å². The number of anilines is 2. The van der Waals surface area contributed by atoms with Crippen LogP contribution < -0.4 is 19.5 Å². The van der Waals surface area contributed by atoms with E-state index < -0.39 is 16.0 Å². The number of esters is 1. The first-order valence-corrected chi connectivity index (χ1v) is 13.7. The number of aryl methyl sites for hydroxylation is 1. The summed E-state index contributed by atoms with van der Waals surface area (Å²) in [6, 6.07) is 10.9. The Morgan fingerprint density at radius 1 is 1.08 bits per heavy atom. The summed E-state index contributed by atoms with van der Waals surface area (Å²) in [6.45, 7) is 3.10. The lowest BCUT2D eigenvalue weighted by atomic mass is 10.1. The number of nitrogens with zero attached hydrogens (tertiary/aromatic N) is 1. The highest BCUT2D eigenvalue weighted by molar-refractivity contribution is 7.92. The second-order valence-electron chi connectivity index (χ2n) is 8.49. The summed E-state index contributed by atoms with van der Waals surface area (Å²) in [4.78, 5) is 28.8. The number of carbonyl (C=O) groups excluding carboxylic acids is 2. The lowest BCUT2D eigenvalue weighted by Crippen LogP contribution is -2.20. The monoisotopic (exact) mass is 529 g/mol. The molecule has 0 atom stereocenters. The van der Waals surface area contributed by atoms with E-state index in [0.29, 0.717) is 27.8 Å². The summed E-state index contributed by atoms with van der Waals surface area (Å²) in [6.07, 6.45) is 3.91. The summed E-state index contributed by atoms with van der Waals surface area (Å²) < 4.78 is 39.4. The molecule has 1 amide bonds. The van der Waals surface area contributed by atoms with Gasteiger partial charge >= 0.3 is 5.97 Å². The third-order valence-electron chi connectivity index (χ3n) is 5.84. The number of thiazole rings is 1. The Labute approximate surface area is 213 Å². The van der Waals surface area contributed by atoms with Gasteiger partial charge in [-0.1, -0.05) is 24.2 Å². The third-order valence-corrected chi connectivity index (χ3v) is 8.36. The van der Waals surface area contributed by atoms with Crippen LogP contribution in [-0.2, 0) is 19.6 Å². The van der Waals surface area contributed by atoms with Crippen molar-refractivity contribution in [3.63, 3.8) is 0 Å². The van der Waals surface area contributed by atoms with Crippen molar-refractivity contribution in [2.45, 2.75) is 44.4 Å². The molecule has 9 nitrogen and oxygen atoms in total. The smallest absolute Gasteiger partial charge is 0.308 e. The van der Waals surface area contributed by atoms with Crippen molar-refractivity contribution in [1.29, 1.82) is 0 Å². The minimum atomic E-state index is -4.03. The molecular formula is C25H27N3O6S2. The van der Waals surface area contributed by atoms with Crippen LogP contribution >= 0.6 is 11.3 Å². The maximum absolute atomic E-state index is 13.3. The maximum atomic E-state index is 13.3. The number of sulfonamides is 1. The summed E-state index contributed by atoms with van der Waals surface area (Å²) in [7, 11) is -2.63. The molecule has 0 radical (unpaired) electrons. The maximum Gasteiger partial charge on any atom is 0.308 e. The Balaban J connectivity index is 1.59. The van der Waals surface area contributed by atoms with E-state index in [-0.39, 0.29) is 22.5 Å². The predicted octanol–water partition coefficient (Wildman–Crippen LogP) is 4.98. The van der Waals surface area contributed by atoms with E-state index in [1.807, 2.05) is 6.92 Å². The van der Waals surface area contributed by atoms with Gasteiger partial charge in [-0.3, -0.25) is 14.3 Å². The average Bonchev–Trinajstić information content (AvgIpc) is 3.49. The summed E-state index contributed by atoms with van der Waals surface area (Å²) in [5, 5.41) is 3.40. The molecule has 1 heterocycles. The van der Waals surface area contributed by atoms with Crippen LogP contribution in [0.25, 0.3) is 10.4 Å². The van der Waals surface area contributed by atoms with Crippen molar-refractivity contribution in [1.82, 2.24) is 4.98 Å². The van der Waals surface area contributed by atoms with E-state index >= 15 is 0 Å². The van der Waals surface area contributed by atoms with Crippen molar-refractivity contribution in [2.75, 3.05) is 17.1 Å². The van der Waals surface area contributed by atoms with Gasteiger partial charge in [-0.25, -0.2) is 13.4 Å². The van der Waals surface area contributed by atoms with Crippen LogP contribution in [-0.4, -0.2) is 32.4 Å². The molecule has 190 valence electrons. The molecule has 4 rings (SSSR count). The topological polar surface area (TPSA) is 124 Å². The number of aromatic nitrogens is 1. The van der Waals surface area contributed by atoms with Crippen LogP contribution in [0.15, 0.2) is 47.4 Å². The van der Waals surface area contributed by atoms with Gasteiger partial charge in [-0.2, -0.15) is 0 Å². The van der Waals surface area contributed by atoms with E-state index in [1.54, 1.807) is 12.1 Å². The van der Waals surface area contributed by atoms with Gasteiger partial charge in [0.2, 0.25) is 5.91 Å². The minimum absolute atomic E-state index is 0.0181. The van der Waals surface area contributed by atoms with Gasteiger partial charge < -0.3 is 14.8 Å². The minimum Gasteiger partial charge on any atom is -0.495 e. The van der Waals surface area contributed by atoms with Gasteiger partial charge in [0.1, 0.15) is 16.4 Å². The van der Waals surface area contributed by atoms with Crippen LogP contribution in [0.5, 0.6) is 11.5 Å². The number of hydrogen-bond acceptors (Lipinski definition) is 8. The second kappa shape index (κ2) is 10.7. The molecular weight excluding hydrogens is 502 g/mol. The van der Waals surface area contributed by atoms with Crippen LogP contribution in [0, 0.1) is 12.8 Å². The molecule has 36 heavy (non-hydrogen) atoms. The Hall–Kier alpha value is -3.44. The molecule has 0 spiro atoms. The Morgan fingerprint density at radius 3 is 2.42 bits per heavy atom. The van der Waals surface area contributed by atoms with Crippen LogP contribution in [0.3, 0.4) is 0 Å². The normalized spacial score (nSPS) is 13.9. The Morgan fingerprint density at radius 2 is 1.78 bits per heavy atom. The molecule has 2 N–H and O–H groups in total. The molecule has 1 fully saturated rings. The SMILES string of the molecule is COc1ccc(-c2sc(NC(=O)C3CCCC3)nc2C)cc1S(=O)(=O)Nc1ccc(OC(C)=O)cc1. The van der Waals surface area contributed by atoms with Gasteiger partial charge in [0.15, 0.2) is 5.13 Å². The molecule has 1 aromatic heterocycles. The first kappa shape index (κ1) is 25.6. The van der Waals surface area contributed by atoms with Gasteiger partial charge in [0.25, 0.3) is 10.0 Å². The fourth-order valence-corrected chi connectivity index (χ4v) is 6.33. The quantitative estimate of drug-likeness (QED) is 0.311. The number of benzene rings is 2. The largest absolute Gasteiger partial charge is 0.495 e. The number of nitrogens with one attached hydrogen (secondary N) is 2. The molecule has 1 saturated carbocycles. The Bertz CT molecular complexity index is 1380. The molecule has 1 aliphatic rings. The molecule has 3 aromatic rings. The fraction of sp³-hybridized carbons (Fsp3) is 0.320. The van der Waals surface area contributed by atoms with E-state index in [4.69, 9.17) is 9.47 Å². The predicted molar refractivity (Wildman–Crippen MR) is 138 cm³/mol. The zero-order valence-corrected chi connectivity index (χ0v) is 21.8. The average molecular weight is 530 g/mol. The third kappa shape index (κ3) is 5.85. The highest BCUT2D eigenvalue weighted by Gasteiger charge is 2.25. The summed E-state index contributed by atoms with van der Waals surface area (Å²) in [5.74, 6) is 0.0185. The lowest BCUT2D eigenvalue weighted by Gasteiger charge is -2.13. The van der Waals surface area contributed by atoms with Crippen molar-refractivity contribution >= 4 is 44.1 Å². The summed E-state index contributed by atoms with van der Waals surface area (Å²) in [5.41, 5.74) is 1.62. The van der Waals surface area contributed by atoms with Gasteiger partial charge in [-0.05, 0) is 67.8 Å². The lowest BCUT2D eigenvalue weighted by molar-refractivity contribution is -0.131. The molecule has 1 aliphatic carbocycles. The zero-order chi connectivity index (χ0) is 25.9. The fourth-order valence-electron chi connectivity index (χ4n) is 4.11. The molecule has 0 aliphatic heterocycles. The first-order valence-electron chi connectivity index (χ1n) is 11.4. The second-order valence-corrected chi connectivity index (χ2v) is 11.1. The Kier molecular flexibility index (Phi) is 7.60. The van der Waals surface area contributed by atoms with E-state index in [0.717, 1.165) is 30.6 Å². The molecule has 0 unspecified atom stereocenters. The number of amides is 1. The molecule has 11 heteroatoms. The van der Waals surface area contributed by atoms with E-state index in [9.17, 15) is 18.0 Å². The first-order chi connectivity index (χ1) is 17.2. The molecule has 0 bridgehead atoms. The van der Waals surface area contributed by atoms with Crippen molar-refractivity contribution in [2.24, 2.45) is 5.92 Å². The number of carbonyl (C=O) groups is 2.